The third kappa shape index (κ3) is 4.22. The Kier molecular flexibility index (Phi) is 6.58. The number of rotatable bonds is 8. The van der Waals surface area contributed by atoms with Gasteiger partial charge in [-0.1, -0.05) is 25.5 Å². The normalized spacial score (nSPS) is 14.0. The van der Waals surface area contributed by atoms with Crippen LogP contribution < -0.4 is 14.8 Å². The highest BCUT2D eigenvalue weighted by molar-refractivity contribution is 5.39. The number of benzene rings is 1. The summed E-state index contributed by atoms with van der Waals surface area (Å²) in [4.78, 5) is 0. The molecule has 1 aromatic carbocycles. The zero-order chi connectivity index (χ0) is 13.4. The lowest BCUT2D eigenvalue weighted by Crippen LogP contribution is -2.31. The van der Waals surface area contributed by atoms with Gasteiger partial charge in [-0.25, -0.2) is 0 Å². The number of nitrogens with one attached hydrogen (secondary N) is 1. The molecule has 0 aromatic heterocycles. The molecular weight excluding hydrogens is 226 g/mol. The highest BCUT2D eigenvalue weighted by atomic mass is 16.5. The summed E-state index contributed by atoms with van der Waals surface area (Å²) < 4.78 is 11.1. The third-order valence-electron chi connectivity index (χ3n) is 3.50. The Bertz CT molecular complexity index is 341. The quantitative estimate of drug-likeness (QED) is 0.770. The van der Waals surface area contributed by atoms with E-state index in [9.17, 15) is 0 Å². The van der Waals surface area contributed by atoms with Crippen LogP contribution in [0.1, 0.15) is 26.7 Å². The molecule has 1 rings (SSSR count). The number of hydrogen-bond acceptors (Lipinski definition) is 3. The molecule has 0 saturated carbocycles. The third-order valence-corrected chi connectivity index (χ3v) is 3.50. The first kappa shape index (κ1) is 14.8. The Morgan fingerprint density at radius 3 is 2.44 bits per heavy atom. The summed E-state index contributed by atoms with van der Waals surface area (Å²) in [6.45, 7) is 5.17. The molecule has 1 aromatic rings. The fourth-order valence-electron chi connectivity index (χ4n) is 2.10. The SMILES string of the molecule is CCC(CCOc1ccccc1OC)C(C)NC. The molecule has 3 nitrogen and oxygen atoms in total. The summed E-state index contributed by atoms with van der Waals surface area (Å²) in [5.41, 5.74) is 0. The van der Waals surface area contributed by atoms with Crippen LogP contribution in [0.25, 0.3) is 0 Å². The predicted molar refractivity (Wildman–Crippen MR) is 75.4 cm³/mol. The molecule has 0 aliphatic heterocycles. The minimum Gasteiger partial charge on any atom is -0.493 e. The van der Waals surface area contributed by atoms with E-state index in [2.05, 4.69) is 19.2 Å². The van der Waals surface area contributed by atoms with Gasteiger partial charge in [-0.3, -0.25) is 0 Å². The average molecular weight is 251 g/mol. The Morgan fingerprint density at radius 1 is 1.22 bits per heavy atom. The standard InChI is InChI=1S/C15H25NO2/c1-5-13(12(2)16-3)10-11-18-15-9-7-6-8-14(15)17-4/h6-9,12-13,16H,5,10-11H2,1-4H3. The Hall–Kier alpha value is -1.22. The van der Waals surface area contributed by atoms with Crippen molar-refractivity contribution in [1.82, 2.24) is 5.32 Å². The lowest BCUT2D eigenvalue weighted by molar-refractivity contribution is 0.242. The van der Waals surface area contributed by atoms with Gasteiger partial charge in [0.25, 0.3) is 0 Å². The van der Waals surface area contributed by atoms with Gasteiger partial charge in [0.15, 0.2) is 11.5 Å². The van der Waals surface area contributed by atoms with Gasteiger partial charge in [-0.15, -0.1) is 0 Å². The monoisotopic (exact) mass is 251 g/mol. The molecule has 0 fully saturated rings. The van der Waals surface area contributed by atoms with Crippen LogP contribution in [-0.4, -0.2) is 26.8 Å². The van der Waals surface area contributed by atoms with E-state index in [1.807, 2.05) is 31.3 Å². The molecule has 0 heterocycles. The Morgan fingerprint density at radius 2 is 1.89 bits per heavy atom. The average Bonchev–Trinajstić information content (AvgIpc) is 2.43. The van der Waals surface area contributed by atoms with Crippen molar-refractivity contribution in [1.29, 1.82) is 0 Å². The van der Waals surface area contributed by atoms with E-state index >= 15 is 0 Å². The van der Waals surface area contributed by atoms with Crippen molar-refractivity contribution < 1.29 is 9.47 Å². The molecule has 0 spiro atoms. The summed E-state index contributed by atoms with van der Waals surface area (Å²) in [7, 11) is 3.68. The summed E-state index contributed by atoms with van der Waals surface area (Å²) in [5, 5.41) is 3.31. The first-order chi connectivity index (χ1) is 8.72. The van der Waals surface area contributed by atoms with Gasteiger partial charge >= 0.3 is 0 Å². The second kappa shape index (κ2) is 7.98. The fourth-order valence-corrected chi connectivity index (χ4v) is 2.10. The number of ether oxygens (including phenoxy) is 2. The van der Waals surface area contributed by atoms with Gasteiger partial charge in [0.1, 0.15) is 0 Å². The van der Waals surface area contributed by atoms with Crippen LogP contribution in [0.4, 0.5) is 0 Å². The fraction of sp³-hybridized carbons (Fsp3) is 0.600. The van der Waals surface area contributed by atoms with Crippen molar-refractivity contribution in [2.75, 3.05) is 20.8 Å². The first-order valence-corrected chi connectivity index (χ1v) is 6.66. The van der Waals surface area contributed by atoms with E-state index in [0.717, 1.165) is 30.9 Å². The van der Waals surface area contributed by atoms with Gasteiger partial charge in [-0.2, -0.15) is 0 Å². The number of hydrogen-bond donors (Lipinski definition) is 1. The molecule has 0 aliphatic rings. The van der Waals surface area contributed by atoms with Crippen LogP contribution in [0.15, 0.2) is 24.3 Å². The van der Waals surface area contributed by atoms with Gasteiger partial charge in [-0.05, 0) is 38.4 Å². The lowest BCUT2D eigenvalue weighted by Gasteiger charge is -2.22. The number of para-hydroxylation sites is 2. The van der Waals surface area contributed by atoms with Crippen LogP contribution in [0.2, 0.25) is 0 Å². The van der Waals surface area contributed by atoms with Crippen LogP contribution in [0.3, 0.4) is 0 Å². The molecule has 1 N–H and O–H groups in total. The minimum atomic E-state index is 0.524. The summed E-state index contributed by atoms with van der Waals surface area (Å²) in [6.07, 6.45) is 2.22. The first-order valence-electron chi connectivity index (χ1n) is 6.66. The maximum Gasteiger partial charge on any atom is 0.161 e. The van der Waals surface area contributed by atoms with Crippen molar-refractivity contribution in [3.8, 4) is 11.5 Å². The van der Waals surface area contributed by atoms with E-state index in [-0.39, 0.29) is 0 Å². The van der Waals surface area contributed by atoms with E-state index < -0.39 is 0 Å². The maximum absolute atomic E-state index is 5.80. The van der Waals surface area contributed by atoms with Crippen molar-refractivity contribution in [2.24, 2.45) is 5.92 Å². The summed E-state index contributed by atoms with van der Waals surface area (Å²) >= 11 is 0. The van der Waals surface area contributed by atoms with Crippen molar-refractivity contribution >= 4 is 0 Å². The summed E-state index contributed by atoms with van der Waals surface area (Å²) in [5.74, 6) is 2.27. The molecule has 102 valence electrons. The van der Waals surface area contributed by atoms with E-state index in [4.69, 9.17) is 9.47 Å². The topological polar surface area (TPSA) is 30.5 Å². The van der Waals surface area contributed by atoms with Gasteiger partial charge in [0.2, 0.25) is 0 Å². The van der Waals surface area contributed by atoms with Crippen LogP contribution in [-0.2, 0) is 0 Å². The zero-order valence-electron chi connectivity index (χ0n) is 11.9. The van der Waals surface area contributed by atoms with E-state index in [1.54, 1.807) is 7.11 Å². The lowest BCUT2D eigenvalue weighted by atomic mass is 9.95. The van der Waals surface area contributed by atoms with Crippen LogP contribution in [0.5, 0.6) is 11.5 Å². The van der Waals surface area contributed by atoms with Gasteiger partial charge in [0, 0.05) is 6.04 Å². The molecule has 0 bridgehead atoms. The molecular formula is C15H25NO2. The van der Waals surface area contributed by atoms with E-state index in [1.165, 1.54) is 0 Å². The van der Waals surface area contributed by atoms with Crippen molar-refractivity contribution in [2.45, 2.75) is 32.7 Å². The smallest absolute Gasteiger partial charge is 0.161 e. The second-order valence-corrected chi connectivity index (χ2v) is 4.53. The number of methoxy groups -OCH3 is 1. The largest absolute Gasteiger partial charge is 0.493 e. The predicted octanol–water partition coefficient (Wildman–Crippen LogP) is 3.10. The van der Waals surface area contributed by atoms with Crippen LogP contribution >= 0.6 is 0 Å². The highest BCUT2D eigenvalue weighted by Gasteiger charge is 2.13. The Balaban J connectivity index is 2.45. The molecule has 3 heteroatoms. The molecule has 0 amide bonds. The van der Waals surface area contributed by atoms with Crippen molar-refractivity contribution in [3.63, 3.8) is 0 Å². The highest BCUT2D eigenvalue weighted by Crippen LogP contribution is 2.26. The molecule has 0 radical (unpaired) electrons. The minimum absolute atomic E-state index is 0.524. The maximum atomic E-state index is 5.80. The van der Waals surface area contributed by atoms with Crippen molar-refractivity contribution in [3.05, 3.63) is 24.3 Å². The van der Waals surface area contributed by atoms with E-state index in [0.29, 0.717) is 12.0 Å². The Labute approximate surface area is 110 Å². The molecule has 18 heavy (non-hydrogen) atoms. The van der Waals surface area contributed by atoms with Crippen LogP contribution in [0, 0.1) is 5.92 Å². The van der Waals surface area contributed by atoms with Gasteiger partial charge in [0.05, 0.1) is 13.7 Å². The molecule has 2 unspecified atom stereocenters. The second-order valence-electron chi connectivity index (χ2n) is 4.53. The summed E-state index contributed by atoms with van der Waals surface area (Å²) in [6, 6.07) is 8.30. The van der Waals surface area contributed by atoms with Gasteiger partial charge < -0.3 is 14.8 Å². The molecule has 0 saturated heterocycles. The zero-order valence-corrected chi connectivity index (χ0v) is 11.9. The molecule has 2 atom stereocenters. The molecule has 0 aliphatic carbocycles.